The van der Waals surface area contributed by atoms with E-state index in [1.807, 2.05) is 24.3 Å². The van der Waals surface area contributed by atoms with Crippen LogP contribution in [0.1, 0.15) is 37.6 Å². The van der Waals surface area contributed by atoms with Crippen molar-refractivity contribution in [2.45, 2.75) is 33.1 Å². The van der Waals surface area contributed by atoms with E-state index in [4.69, 9.17) is 16.3 Å². The van der Waals surface area contributed by atoms with Gasteiger partial charge in [0.2, 0.25) is 0 Å². The van der Waals surface area contributed by atoms with E-state index in [0.717, 1.165) is 24.3 Å². The molecular formula is C17H21ClN4O. The van der Waals surface area contributed by atoms with Crippen LogP contribution in [0, 0.1) is 6.92 Å². The van der Waals surface area contributed by atoms with Gasteiger partial charge in [-0.2, -0.15) is 5.10 Å². The second kappa shape index (κ2) is 9.10. The summed E-state index contributed by atoms with van der Waals surface area (Å²) in [5.41, 5.74) is 3.81. The molecule has 1 N–H and O–H groups in total. The molecule has 0 saturated heterocycles. The van der Waals surface area contributed by atoms with Gasteiger partial charge in [-0.3, -0.25) is 5.43 Å². The number of benzene rings is 1. The molecule has 0 aliphatic heterocycles. The van der Waals surface area contributed by atoms with Crippen LogP contribution in [0.2, 0.25) is 5.15 Å². The largest absolute Gasteiger partial charge is 0.494 e. The minimum atomic E-state index is 0.389. The SMILES string of the molecule is CCCCCOc1ccc(/C=N\Nc2cc(Cl)nc(C)n2)cc1. The highest BCUT2D eigenvalue weighted by atomic mass is 35.5. The van der Waals surface area contributed by atoms with E-state index in [-0.39, 0.29) is 0 Å². The van der Waals surface area contributed by atoms with E-state index in [1.54, 1.807) is 19.2 Å². The third-order valence-corrected chi connectivity index (χ3v) is 3.29. The second-order valence-corrected chi connectivity index (χ2v) is 5.50. The lowest BCUT2D eigenvalue weighted by molar-refractivity contribution is 0.306. The Morgan fingerprint density at radius 3 is 2.70 bits per heavy atom. The van der Waals surface area contributed by atoms with Crippen molar-refractivity contribution in [1.29, 1.82) is 0 Å². The number of nitrogens with one attached hydrogen (secondary N) is 1. The highest BCUT2D eigenvalue weighted by Gasteiger charge is 1.98. The molecule has 2 aromatic rings. The van der Waals surface area contributed by atoms with Gasteiger partial charge < -0.3 is 4.74 Å². The normalized spacial score (nSPS) is 10.9. The Labute approximate surface area is 141 Å². The number of ether oxygens (including phenoxy) is 1. The molecule has 2 rings (SSSR count). The average molecular weight is 333 g/mol. The molecule has 0 saturated carbocycles. The first-order valence-corrected chi connectivity index (χ1v) is 8.08. The minimum absolute atomic E-state index is 0.389. The second-order valence-electron chi connectivity index (χ2n) is 5.12. The maximum absolute atomic E-state index is 5.87. The van der Waals surface area contributed by atoms with E-state index in [9.17, 15) is 0 Å². The van der Waals surface area contributed by atoms with Crippen molar-refractivity contribution in [2.75, 3.05) is 12.0 Å². The van der Waals surface area contributed by atoms with Crippen LogP contribution in [0.5, 0.6) is 5.75 Å². The summed E-state index contributed by atoms with van der Waals surface area (Å²) in [7, 11) is 0. The Morgan fingerprint density at radius 2 is 2.00 bits per heavy atom. The molecular weight excluding hydrogens is 312 g/mol. The predicted octanol–water partition coefficient (Wildman–Crippen LogP) is 4.45. The number of hydrazone groups is 1. The highest BCUT2D eigenvalue weighted by Crippen LogP contribution is 2.13. The summed E-state index contributed by atoms with van der Waals surface area (Å²) < 4.78 is 5.67. The van der Waals surface area contributed by atoms with Crippen LogP contribution in [-0.2, 0) is 0 Å². The van der Waals surface area contributed by atoms with Gasteiger partial charge in [0.25, 0.3) is 0 Å². The molecule has 0 radical (unpaired) electrons. The zero-order valence-corrected chi connectivity index (χ0v) is 14.2. The quantitative estimate of drug-likeness (QED) is 0.336. The molecule has 0 aliphatic carbocycles. The molecule has 0 aliphatic rings. The van der Waals surface area contributed by atoms with Crippen LogP contribution in [0.3, 0.4) is 0 Å². The van der Waals surface area contributed by atoms with Crippen molar-refractivity contribution in [2.24, 2.45) is 5.10 Å². The topological polar surface area (TPSA) is 59.4 Å². The summed E-state index contributed by atoms with van der Waals surface area (Å²) in [6.45, 7) is 4.72. The molecule has 0 unspecified atom stereocenters. The summed E-state index contributed by atoms with van der Waals surface area (Å²) in [4.78, 5) is 8.18. The lowest BCUT2D eigenvalue weighted by atomic mass is 10.2. The molecule has 0 atom stereocenters. The molecule has 0 bridgehead atoms. The number of aryl methyl sites for hydroxylation is 1. The lowest BCUT2D eigenvalue weighted by Crippen LogP contribution is -1.98. The number of hydrogen-bond donors (Lipinski definition) is 1. The van der Waals surface area contributed by atoms with Crippen LogP contribution >= 0.6 is 11.6 Å². The number of anilines is 1. The molecule has 0 spiro atoms. The molecule has 122 valence electrons. The molecule has 6 heteroatoms. The summed E-state index contributed by atoms with van der Waals surface area (Å²) >= 11 is 5.87. The van der Waals surface area contributed by atoms with Crippen LogP contribution in [0.4, 0.5) is 5.82 Å². The van der Waals surface area contributed by atoms with E-state index >= 15 is 0 Å². The fourth-order valence-corrected chi connectivity index (χ4v) is 2.18. The number of rotatable bonds is 8. The number of unbranched alkanes of at least 4 members (excludes halogenated alkanes) is 2. The molecule has 1 aromatic heterocycles. The van der Waals surface area contributed by atoms with Gasteiger partial charge in [-0.25, -0.2) is 9.97 Å². The van der Waals surface area contributed by atoms with Crippen LogP contribution in [0.25, 0.3) is 0 Å². The molecule has 1 aromatic carbocycles. The maximum atomic E-state index is 5.87. The fourth-order valence-electron chi connectivity index (χ4n) is 1.95. The summed E-state index contributed by atoms with van der Waals surface area (Å²) in [6, 6.07) is 9.42. The van der Waals surface area contributed by atoms with Gasteiger partial charge >= 0.3 is 0 Å². The van der Waals surface area contributed by atoms with E-state index in [0.29, 0.717) is 16.8 Å². The van der Waals surface area contributed by atoms with Gasteiger partial charge in [-0.05, 0) is 43.2 Å². The van der Waals surface area contributed by atoms with Crippen LogP contribution in [0.15, 0.2) is 35.4 Å². The van der Waals surface area contributed by atoms with Crippen LogP contribution < -0.4 is 10.2 Å². The monoisotopic (exact) mass is 332 g/mol. The molecule has 23 heavy (non-hydrogen) atoms. The van der Waals surface area contributed by atoms with Crippen molar-refractivity contribution in [1.82, 2.24) is 9.97 Å². The Morgan fingerprint density at radius 1 is 1.22 bits per heavy atom. The Kier molecular flexibility index (Phi) is 6.81. The van der Waals surface area contributed by atoms with E-state index in [1.165, 1.54) is 12.8 Å². The number of aromatic nitrogens is 2. The number of halogens is 1. The fraction of sp³-hybridized carbons (Fsp3) is 0.353. The van der Waals surface area contributed by atoms with Crippen molar-refractivity contribution >= 4 is 23.6 Å². The van der Waals surface area contributed by atoms with Gasteiger partial charge in [-0.15, -0.1) is 0 Å². The summed E-state index contributed by atoms with van der Waals surface area (Å²) in [5.74, 6) is 2.04. The van der Waals surface area contributed by atoms with Crippen LogP contribution in [-0.4, -0.2) is 22.8 Å². The summed E-state index contributed by atoms with van der Waals surface area (Å²) in [6.07, 6.45) is 5.20. The van der Waals surface area contributed by atoms with E-state index in [2.05, 4.69) is 27.4 Å². The first-order valence-electron chi connectivity index (χ1n) is 7.70. The Balaban J connectivity index is 1.85. The number of nitrogens with zero attached hydrogens (tertiary/aromatic N) is 3. The third kappa shape index (κ3) is 6.24. The van der Waals surface area contributed by atoms with Crippen molar-refractivity contribution in [3.05, 3.63) is 46.9 Å². The van der Waals surface area contributed by atoms with Gasteiger partial charge in [0.1, 0.15) is 16.7 Å². The van der Waals surface area contributed by atoms with Gasteiger partial charge in [0.15, 0.2) is 5.82 Å². The average Bonchev–Trinajstić information content (AvgIpc) is 2.52. The van der Waals surface area contributed by atoms with Gasteiger partial charge in [-0.1, -0.05) is 31.4 Å². The minimum Gasteiger partial charge on any atom is -0.494 e. The summed E-state index contributed by atoms with van der Waals surface area (Å²) in [5, 5.41) is 4.53. The van der Waals surface area contributed by atoms with Crippen molar-refractivity contribution in [3.63, 3.8) is 0 Å². The standard InChI is InChI=1S/C17H21ClN4O/c1-3-4-5-10-23-15-8-6-14(7-9-15)12-19-22-17-11-16(18)20-13(2)21-17/h6-9,11-12H,3-5,10H2,1-2H3,(H,20,21,22)/b19-12-. The first-order chi connectivity index (χ1) is 11.2. The van der Waals surface area contributed by atoms with E-state index < -0.39 is 0 Å². The number of hydrogen-bond acceptors (Lipinski definition) is 5. The molecule has 0 amide bonds. The molecule has 5 nitrogen and oxygen atoms in total. The third-order valence-electron chi connectivity index (χ3n) is 3.10. The van der Waals surface area contributed by atoms with Crippen molar-refractivity contribution < 1.29 is 4.74 Å². The highest BCUT2D eigenvalue weighted by molar-refractivity contribution is 6.29. The zero-order valence-electron chi connectivity index (χ0n) is 13.4. The maximum Gasteiger partial charge on any atom is 0.151 e. The predicted molar refractivity (Wildman–Crippen MR) is 94.5 cm³/mol. The Hall–Kier alpha value is -2.14. The van der Waals surface area contributed by atoms with Gasteiger partial charge in [0.05, 0.1) is 12.8 Å². The lowest BCUT2D eigenvalue weighted by Gasteiger charge is -2.05. The smallest absolute Gasteiger partial charge is 0.151 e. The molecule has 0 fully saturated rings. The van der Waals surface area contributed by atoms with Gasteiger partial charge in [0, 0.05) is 6.07 Å². The van der Waals surface area contributed by atoms with Crippen molar-refractivity contribution in [3.8, 4) is 5.75 Å². The molecule has 1 heterocycles. The first kappa shape index (κ1) is 17.2. The zero-order chi connectivity index (χ0) is 16.5. The Bertz CT molecular complexity index is 623.